The summed E-state index contributed by atoms with van der Waals surface area (Å²) < 4.78 is 0. The van der Waals surface area contributed by atoms with Gasteiger partial charge in [-0.1, -0.05) is 48.0 Å². The largest absolute Gasteiger partial charge is 0.273 e. The van der Waals surface area contributed by atoms with Gasteiger partial charge in [0.2, 0.25) is 5.91 Å². The van der Waals surface area contributed by atoms with Crippen molar-refractivity contribution in [2.24, 2.45) is 5.92 Å². The molecule has 2 saturated heterocycles. The van der Waals surface area contributed by atoms with Gasteiger partial charge < -0.3 is 0 Å². The lowest BCUT2D eigenvalue weighted by atomic mass is 9.90. The Bertz CT molecular complexity index is 1220. The number of fused-ring (bicyclic) bond motifs is 1. The van der Waals surface area contributed by atoms with Crippen LogP contribution in [0.5, 0.6) is 0 Å². The number of hydrogen-bond acceptors (Lipinski definition) is 6. The van der Waals surface area contributed by atoms with Gasteiger partial charge in [-0.2, -0.15) is 0 Å². The van der Waals surface area contributed by atoms with E-state index < -0.39 is 34.8 Å². The number of imide groups is 1. The second-order valence-corrected chi connectivity index (χ2v) is 7.93. The monoisotopic (exact) mass is 449 g/mol. The summed E-state index contributed by atoms with van der Waals surface area (Å²) in [5.41, 5.74) is 1.44. The Labute approximate surface area is 187 Å². The standard InChI is InChI=1S/C23H16ClN3O5/c24-15-9-11-16(12-10-15)25-22(28)19-20(14-5-2-1-3-6-14)26(32-21(19)23(25)29)17-7-4-8-18(13-17)27(30)31/h1-13,19-21H/t19-,20-,21-/m0/s1. The highest BCUT2D eigenvalue weighted by molar-refractivity contribution is 6.31. The summed E-state index contributed by atoms with van der Waals surface area (Å²) in [4.78, 5) is 44.6. The van der Waals surface area contributed by atoms with Crippen molar-refractivity contribution in [2.75, 3.05) is 9.96 Å². The van der Waals surface area contributed by atoms with Crippen molar-refractivity contribution >= 4 is 40.5 Å². The van der Waals surface area contributed by atoms with Crippen LogP contribution in [0.25, 0.3) is 0 Å². The van der Waals surface area contributed by atoms with Crippen molar-refractivity contribution in [3.63, 3.8) is 0 Å². The number of benzene rings is 3. The summed E-state index contributed by atoms with van der Waals surface area (Å²) in [6.45, 7) is 0. The van der Waals surface area contributed by atoms with Gasteiger partial charge in [0.25, 0.3) is 11.6 Å². The van der Waals surface area contributed by atoms with E-state index in [0.717, 1.165) is 10.5 Å². The number of carbonyl (C=O) groups excluding carboxylic acids is 2. The molecule has 0 bridgehead atoms. The Hall–Kier alpha value is -3.75. The highest BCUT2D eigenvalue weighted by atomic mass is 35.5. The number of nitro benzene ring substituents is 1. The van der Waals surface area contributed by atoms with Gasteiger partial charge in [-0.05, 0) is 35.9 Å². The van der Waals surface area contributed by atoms with Crippen LogP contribution in [0, 0.1) is 16.0 Å². The van der Waals surface area contributed by atoms with E-state index in [9.17, 15) is 19.7 Å². The molecular formula is C23H16ClN3O5. The van der Waals surface area contributed by atoms with Gasteiger partial charge in [-0.25, -0.2) is 9.96 Å². The topological polar surface area (TPSA) is 93.0 Å². The molecule has 0 unspecified atom stereocenters. The summed E-state index contributed by atoms with van der Waals surface area (Å²) in [5, 5.41) is 13.2. The lowest BCUT2D eigenvalue weighted by Gasteiger charge is -2.28. The average Bonchev–Trinajstić information content (AvgIpc) is 3.31. The van der Waals surface area contributed by atoms with Crippen LogP contribution in [0.2, 0.25) is 5.02 Å². The van der Waals surface area contributed by atoms with Crippen molar-refractivity contribution in [3.05, 3.63) is 99.6 Å². The van der Waals surface area contributed by atoms with Crippen LogP contribution < -0.4 is 9.96 Å². The molecule has 9 heteroatoms. The summed E-state index contributed by atoms with van der Waals surface area (Å²) >= 11 is 5.94. The second-order valence-electron chi connectivity index (χ2n) is 7.50. The van der Waals surface area contributed by atoms with Crippen LogP contribution in [0.4, 0.5) is 17.1 Å². The maximum absolute atomic E-state index is 13.5. The molecule has 8 nitrogen and oxygen atoms in total. The summed E-state index contributed by atoms with van der Waals surface area (Å²) in [6, 6.07) is 20.9. The van der Waals surface area contributed by atoms with Gasteiger partial charge in [-0.15, -0.1) is 0 Å². The molecule has 3 atom stereocenters. The molecule has 2 heterocycles. The number of nitrogens with zero attached hydrogens (tertiary/aromatic N) is 3. The molecule has 0 spiro atoms. The van der Waals surface area contributed by atoms with E-state index >= 15 is 0 Å². The summed E-state index contributed by atoms with van der Waals surface area (Å²) in [6.07, 6.45) is -1.05. The first kappa shape index (κ1) is 20.2. The molecule has 3 aromatic carbocycles. The quantitative estimate of drug-likeness (QED) is 0.335. The molecule has 2 aliphatic heterocycles. The Morgan fingerprint density at radius 3 is 2.28 bits per heavy atom. The molecule has 3 aromatic rings. The van der Waals surface area contributed by atoms with Gasteiger partial charge in [0.15, 0.2) is 6.10 Å². The zero-order valence-electron chi connectivity index (χ0n) is 16.5. The smallest absolute Gasteiger partial charge is 0.271 e. The van der Waals surface area contributed by atoms with Gasteiger partial charge in [0.1, 0.15) is 5.92 Å². The third kappa shape index (κ3) is 3.21. The molecule has 5 rings (SSSR count). The van der Waals surface area contributed by atoms with E-state index in [2.05, 4.69) is 0 Å². The van der Waals surface area contributed by atoms with Crippen molar-refractivity contribution < 1.29 is 19.3 Å². The first-order valence-corrected chi connectivity index (χ1v) is 10.2. The highest BCUT2D eigenvalue weighted by Crippen LogP contribution is 2.47. The number of hydroxylamine groups is 1. The molecule has 0 radical (unpaired) electrons. The number of carbonyl (C=O) groups is 2. The SMILES string of the molecule is O=C1[C@@H]2[C@H](ON(c3cccc([N+](=O)[O-])c3)[C@H]2c2ccccc2)C(=O)N1c1ccc(Cl)cc1. The predicted molar refractivity (Wildman–Crippen MR) is 117 cm³/mol. The Morgan fingerprint density at radius 1 is 0.875 bits per heavy atom. The zero-order valence-corrected chi connectivity index (χ0v) is 17.3. The second kappa shape index (κ2) is 7.74. The van der Waals surface area contributed by atoms with Crippen LogP contribution >= 0.6 is 11.6 Å². The molecule has 0 aliphatic carbocycles. The number of rotatable bonds is 4. The lowest BCUT2D eigenvalue weighted by molar-refractivity contribution is -0.384. The Balaban J connectivity index is 1.58. The molecule has 2 amide bonds. The first-order valence-electron chi connectivity index (χ1n) is 9.84. The number of halogens is 1. The van der Waals surface area contributed by atoms with Gasteiger partial charge >= 0.3 is 0 Å². The Kier molecular flexibility index (Phi) is 4.88. The molecule has 2 fully saturated rings. The fourth-order valence-electron chi connectivity index (χ4n) is 4.22. The van der Waals surface area contributed by atoms with Crippen LogP contribution in [-0.2, 0) is 14.4 Å². The molecule has 2 aliphatic rings. The van der Waals surface area contributed by atoms with Crippen LogP contribution in [0.15, 0.2) is 78.9 Å². The molecule has 0 N–H and O–H groups in total. The van der Waals surface area contributed by atoms with E-state index in [-0.39, 0.29) is 5.69 Å². The lowest BCUT2D eigenvalue weighted by Crippen LogP contribution is -2.37. The van der Waals surface area contributed by atoms with Crippen LogP contribution in [0.3, 0.4) is 0 Å². The van der Waals surface area contributed by atoms with Crippen LogP contribution in [-0.4, -0.2) is 22.8 Å². The maximum Gasteiger partial charge on any atom is 0.271 e. The van der Waals surface area contributed by atoms with Crippen molar-refractivity contribution in [1.29, 1.82) is 0 Å². The van der Waals surface area contributed by atoms with E-state index in [1.54, 1.807) is 30.3 Å². The zero-order chi connectivity index (χ0) is 22.4. The first-order chi connectivity index (χ1) is 15.5. The number of amides is 2. The number of hydrogen-bond donors (Lipinski definition) is 0. The van der Waals surface area contributed by atoms with Gasteiger partial charge in [0.05, 0.1) is 22.3 Å². The minimum absolute atomic E-state index is 0.115. The molecule has 32 heavy (non-hydrogen) atoms. The summed E-state index contributed by atoms with van der Waals surface area (Å²) in [5.74, 6) is -1.71. The highest BCUT2D eigenvalue weighted by Gasteiger charge is 2.60. The van der Waals surface area contributed by atoms with Gasteiger partial charge in [0, 0.05) is 17.2 Å². The third-order valence-electron chi connectivity index (χ3n) is 5.64. The van der Waals surface area contributed by atoms with Crippen LogP contribution in [0.1, 0.15) is 11.6 Å². The fourth-order valence-corrected chi connectivity index (χ4v) is 4.34. The predicted octanol–water partition coefficient (Wildman–Crippen LogP) is 4.30. The minimum Gasteiger partial charge on any atom is -0.273 e. The molecule has 0 aromatic heterocycles. The number of anilines is 2. The molecule has 0 saturated carbocycles. The van der Waals surface area contributed by atoms with E-state index in [1.807, 2.05) is 30.3 Å². The summed E-state index contributed by atoms with van der Waals surface area (Å²) in [7, 11) is 0. The minimum atomic E-state index is -1.05. The normalized spacial score (nSPS) is 22.3. The van der Waals surface area contributed by atoms with E-state index in [4.69, 9.17) is 16.4 Å². The fraction of sp³-hybridized carbons (Fsp3) is 0.130. The van der Waals surface area contributed by atoms with Crippen molar-refractivity contribution in [3.8, 4) is 0 Å². The maximum atomic E-state index is 13.5. The Morgan fingerprint density at radius 2 is 1.59 bits per heavy atom. The average molecular weight is 450 g/mol. The van der Waals surface area contributed by atoms with Crippen molar-refractivity contribution in [1.82, 2.24) is 0 Å². The van der Waals surface area contributed by atoms with Gasteiger partial charge in [-0.3, -0.25) is 24.5 Å². The van der Waals surface area contributed by atoms with E-state index in [0.29, 0.717) is 16.4 Å². The van der Waals surface area contributed by atoms with E-state index in [1.165, 1.54) is 23.3 Å². The van der Waals surface area contributed by atoms with Crippen molar-refractivity contribution in [2.45, 2.75) is 12.1 Å². The molecule has 160 valence electrons. The number of non-ortho nitro benzene ring substituents is 1. The number of nitro groups is 1. The third-order valence-corrected chi connectivity index (χ3v) is 5.89. The molecular weight excluding hydrogens is 434 g/mol.